The molecule has 17 heteroatoms. The van der Waals surface area contributed by atoms with E-state index in [0.717, 1.165) is 0 Å². The molecule has 0 aromatic rings. The van der Waals surface area contributed by atoms with Crippen molar-refractivity contribution in [2.45, 2.75) is 24.7 Å². The number of hydrogen-bond acceptors (Lipinski definition) is 4. The van der Waals surface area contributed by atoms with Crippen LogP contribution in [0.25, 0.3) is 0 Å². The molecule has 4 nitrogen and oxygen atoms in total. The summed E-state index contributed by atoms with van der Waals surface area (Å²) in [6, 6.07) is 0. The first-order chi connectivity index (χ1) is 11.1. The first kappa shape index (κ1) is 29.8. The number of alkyl halides is 12. The first-order valence-electron chi connectivity index (χ1n) is 5.24. The molecular weight excluding hydrogens is 467 g/mol. The Morgan fingerprint density at radius 3 is 0.815 bits per heavy atom. The van der Waals surface area contributed by atoms with E-state index < -0.39 is 59.9 Å². The van der Waals surface area contributed by atoms with Crippen molar-refractivity contribution in [3.05, 3.63) is 23.7 Å². The third kappa shape index (κ3) is 13.0. The SMILES string of the molecule is O=C(/C=C(/[O-])C(F)(F)F)C(F)(F)F.O=C(/C=C(/[O-])C(F)(F)F)C(F)(F)F.[Mn]. The van der Waals surface area contributed by atoms with Crippen molar-refractivity contribution in [2.24, 2.45) is 0 Å². The maximum atomic E-state index is 11.3. The van der Waals surface area contributed by atoms with Crippen LogP contribution in [-0.2, 0) is 26.7 Å². The second-order valence-corrected chi connectivity index (χ2v) is 3.74. The van der Waals surface area contributed by atoms with Gasteiger partial charge in [-0.05, 0) is 23.7 Å². The molecule has 0 atom stereocenters. The zero-order valence-electron chi connectivity index (χ0n) is 11.7. The summed E-state index contributed by atoms with van der Waals surface area (Å²) in [5.41, 5.74) is 0. The molecule has 0 aliphatic rings. The van der Waals surface area contributed by atoms with Crippen LogP contribution >= 0.6 is 0 Å². The van der Waals surface area contributed by atoms with Gasteiger partial charge in [0.1, 0.15) is 0 Å². The van der Waals surface area contributed by atoms with Gasteiger partial charge in [-0.1, -0.05) is 0 Å². The van der Waals surface area contributed by atoms with Crippen molar-refractivity contribution in [1.82, 2.24) is 0 Å². The Kier molecular flexibility index (Phi) is 10.9. The van der Waals surface area contributed by atoms with Gasteiger partial charge in [0.2, 0.25) is 0 Å². The summed E-state index contributed by atoms with van der Waals surface area (Å²) in [5, 5.41) is 19.6. The van der Waals surface area contributed by atoms with Crippen molar-refractivity contribution in [2.75, 3.05) is 0 Å². The molecule has 27 heavy (non-hydrogen) atoms. The van der Waals surface area contributed by atoms with Crippen LogP contribution < -0.4 is 10.2 Å². The molecule has 1 radical (unpaired) electrons. The fourth-order valence-electron chi connectivity index (χ4n) is 0.565. The molecule has 159 valence electrons. The average molecular weight is 469 g/mol. The average Bonchev–Trinajstić information content (AvgIpc) is 2.34. The van der Waals surface area contributed by atoms with Crippen molar-refractivity contribution >= 4 is 11.6 Å². The van der Waals surface area contributed by atoms with Gasteiger partial charge in [0.25, 0.3) is 11.6 Å². The van der Waals surface area contributed by atoms with Gasteiger partial charge in [0.15, 0.2) is 0 Å². The number of rotatable bonds is 2. The van der Waals surface area contributed by atoms with Gasteiger partial charge in [0.05, 0.1) is 0 Å². The van der Waals surface area contributed by atoms with Crippen LogP contribution in [0.5, 0.6) is 0 Å². The Morgan fingerprint density at radius 2 is 0.704 bits per heavy atom. The number of hydrogen-bond donors (Lipinski definition) is 0. The molecule has 0 heterocycles. The largest absolute Gasteiger partial charge is 0.869 e. The molecule has 0 saturated carbocycles. The molecule has 0 amide bonds. The smallest absolute Gasteiger partial charge is 0.454 e. The molecule has 0 aromatic heterocycles. The standard InChI is InChI=1S/2C5H2F6O2.Mn/c2*6-4(7,8)2(12)1-3(13)5(9,10)11;/h2*1,12H;/p-2/b2*2-1+;. The van der Waals surface area contributed by atoms with E-state index in [1.807, 2.05) is 0 Å². The van der Waals surface area contributed by atoms with Crippen molar-refractivity contribution in [1.29, 1.82) is 0 Å². The number of ketones is 2. The second kappa shape index (κ2) is 9.87. The molecule has 0 rings (SSSR count). The molecule has 0 N–H and O–H groups in total. The minimum absolute atomic E-state index is 0. The van der Waals surface area contributed by atoms with Crippen LogP contribution in [0, 0.1) is 0 Å². The molecule has 0 spiro atoms. The van der Waals surface area contributed by atoms with E-state index in [4.69, 9.17) is 0 Å². The second-order valence-electron chi connectivity index (χ2n) is 3.74. The predicted molar refractivity (Wildman–Crippen MR) is 50.4 cm³/mol. The van der Waals surface area contributed by atoms with Gasteiger partial charge in [-0.25, -0.2) is 0 Å². The van der Waals surface area contributed by atoms with Gasteiger partial charge in [-0.15, -0.1) is 0 Å². The Labute approximate surface area is 150 Å². The van der Waals surface area contributed by atoms with Crippen LogP contribution in [0.3, 0.4) is 0 Å². The minimum atomic E-state index is -5.46. The Hall–Kier alpha value is -1.90. The van der Waals surface area contributed by atoms with Crippen LogP contribution in [0.1, 0.15) is 0 Å². The quantitative estimate of drug-likeness (QED) is 0.268. The topological polar surface area (TPSA) is 80.3 Å². The summed E-state index contributed by atoms with van der Waals surface area (Å²) < 4.78 is 136. The molecule has 0 aliphatic carbocycles. The zero-order valence-corrected chi connectivity index (χ0v) is 12.9. The van der Waals surface area contributed by atoms with Crippen LogP contribution in [0.4, 0.5) is 52.7 Å². The molecule has 0 aromatic carbocycles. The van der Waals surface area contributed by atoms with E-state index in [2.05, 4.69) is 0 Å². The van der Waals surface area contributed by atoms with Gasteiger partial charge >= 0.3 is 24.7 Å². The summed E-state index contributed by atoms with van der Waals surface area (Å²) in [7, 11) is 0. The van der Waals surface area contributed by atoms with Crippen LogP contribution in [-0.4, -0.2) is 36.3 Å². The molecule has 0 aliphatic heterocycles. The number of carbonyl (C=O) groups is 2. The zero-order chi connectivity index (χ0) is 21.7. The van der Waals surface area contributed by atoms with E-state index in [0.29, 0.717) is 0 Å². The number of carbonyl (C=O) groups excluding carboxylic acids is 2. The van der Waals surface area contributed by atoms with E-state index in [-0.39, 0.29) is 17.1 Å². The summed E-state index contributed by atoms with van der Waals surface area (Å²) in [4.78, 5) is 19.6. The van der Waals surface area contributed by atoms with Gasteiger partial charge in [-0.3, -0.25) is 9.59 Å². The predicted octanol–water partition coefficient (Wildman–Crippen LogP) is 1.85. The number of halogens is 12. The Morgan fingerprint density at radius 1 is 0.519 bits per heavy atom. The fraction of sp³-hybridized carbons (Fsp3) is 0.400. The summed E-state index contributed by atoms with van der Waals surface area (Å²) in [6.45, 7) is 0. The fourth-order valence-corrected chi connectivity index (χ4v) is 0.565. The molecule has 0 unspecified atom stereocenters. The number of allylic oxidation sites excluding steroid dienone is 4. The van der Waals surface area contributed by atoms with Gasteiger partial charge in [-0.2, -0.15) is 52.7 Å². The van der Waals surface area contributed by atoms with Crippen molar-refractivity contribution in [3.63, 3.8) is 0 Å². The van der Waals surface area contributed by atoms with Crippen molar-refractivity contribution < 1.29 is 89.6 Å². The van der Waals surface area contributed by atoms with E-state index in [1.54, 1.807) is 0 Å². The van der Waals surface area contributed by atoms with Crippen molar-refractivity contribution in [3.8, 4) is 0 Å². The molecule has 0 fully saturated rings. The summed E-state index contributed by atoms with van der Waals surface area (Å²) in [6.07, 6.45) is -23.9. The monoisotopic (exact) mass is 469 g/mol. The van der Waals surface area contributed by atoms with E-state index in [9.17, 15) is 72.5 Å². The van der Waals surface area contributed by atoms with Gasteiger partial charge < -0.3 is 10.2 Å². The maximum Gasteiger partial charge on any atom is 0.454 e. The molecular formula is C10H2F12MnO4-2. The van der Waals surface area contributed by atoms with Gasteiger partial charge in [0, 0.05) is 17.1 Å². The van der Waals surface area contributed by atoms with E-state index >= 15 is 0 Å². The van der Waals surface area contributed by atoms with Crippen LogP contribution in [0.15, 0.2) is 23.7 Å². The van der Waals surface area contributed by atoms with E-state index in [1.165, 1.54) is 0 Å². The maximum absolute atomic E-state index is 11.3. The third-order valence-electron chi connectivity index (χ3n) is 1.64. The molecule has 0 bridgehead atoms. The third-order valence-corrected chi connectivity index (χ3v) is 1.64. The minimum Gasteiger partial charge on any atom is -0.869 e. The Bertz CT molecular complexity index is 527. The normalized spacial score (nSPS) is 13.9. The summed E-state index contributed by atoms with van der Waals surface area (Å²) >= 11 is 0. The summed E-state index contributed by atoms with van der Waals surface area (Å²) in [5.74, 6) is -11.3. The molecule has 0 saturated heterocycles. The first-order valence-corrected chi connectivity index (χ1v) is 5.24. The Balaban J connectivity index is -0.000000411. The van der Waals surface area contributed by atoms with Crippen LogP contribution in [0.2, 0.25) is 0 Å².